The van der Waals surface area contributed by atoms with Gasteiger partial charge in [0.15, 0.2) is 9.84 Å². The van der Waals surface area contributed by atoms with Gasteiger partial charge in [0, 0.05) is 19.1 Å². The third-order valence-corrected chi connectivity index (χ3v) is 6.25. The van der Waals surface area contributed by atoms with Crippen LogP contribution in [0.5, 0.6) is 5.75 Å². The topological polar surface area (TPSA) is 75.7 Å². The van der Waals surface area contributed by atoms with Crippen LogP contribution in [0.3, 0.4) is 0 Å². The summed E-state index contributed by atoms with van der Waals surface area (Å²) in [5.41, 5.74) is 2.20. The Morgan fingerprint density at radius 1 is 1.32 bits per heavy atom. The summed E-state index contributed by atoms with van der Waals surface area (Å²) in [6, 6.07) is 5.62. The number of benzene rings is 1. The molecule has 0 aromatic heterocycles. The molecule has 7 heteroatoms. The van der Waals surface area contributed by atoms with Gasteiger partial charge in [-0.15, -0.1) is 0 Å². The Labute approximate surface area is 150 Å². The molecule has 1 atom stereocenters. The average Bonchev–Trinajstić information content (AvgIpc) is 2.90. The number of hydrogen-bond acceptors (Lipinski definition) is 4. The van der Waals surface area contributed by atoms with Crippen molar-refractivity contribution in [1.29, 1.82) is 0 Å². The third kappa shape index (κ3) is 5.36. The van der Waals surface area contributed by atoms with Gasteiger partial charge in [-0.05, 0) is 44.7 Å². The maximum Gasteiger partial charge on any atom is 0.317 e. The molecule has 1 saturated heterocycles. The molecule has 1 fully saturated rings. The minimum atomic E-state index is -2.99. The van der Waals surface area contributed by atoms with E-state index >= 15 is 0 Å². The normalized spacial score (nSPS) is 18.8. The van der Waals surface area contributed by atoms with E-state index in [1.807, 2.05) is 39.0 Å². The maximum absolute atomic E-state index is 12.3. The van der Waals surface area contributed by atoms with Crippen LogP contribution in [0.2, 0.25) is 0 Å². The highest BCUT2D eigenvalue weighted by Gasteiger charge is 2.33. The Morgan fingerprint density at radius 2 is 2.00 bits per heavy atom. The van der Waals surface area contributed by atoms with Gasteiger partial charge < -0.3 is 15.0 Å². The SMILES string of the molecule is CCN(C(=O)NCCCOc1c(C)cccc1C)C1CCS(=O)(=O)C1. The molecule has 0 bridgehead atoms. The fourth-order valence-corrected chi connectivity index (χ4v) is 4.89. The molecular weight excluding hydrogens is 340 g/mol. The summed E-state index contributed by atoms with van der Waals surface area (Å²) in [5, 5.41) is 2.87. The van der Waals surface area contributed by atoms with E-state index in [0.29, 0.717) is 32.5 Å². The number of carbonyl (C=O) groups excluding carboxylic acids is 1. The zero-order valence-electron chi connectivity index (χ0n) is 15.2. The molecule has 2 rings (SSSR count). The fourth-order valence-electron chi connectivity index (χ4n) is 3.16. The Kier molecular flexibility index (Phi) is 6.70. The van der Waals surface area contributed by atoms with Crippen molar-refractivity contribution in [2.75, 3.05) is 31.2 Å². The lowest BCUT2D eigenvalue weighted by Crippen LogP contribution is -2.47. The first-order valence-electron chi connectivity index (χ1n) is 8.78. The van der Waals surface area contributed by atoms with Gasteiger partial charge in [-0.3, -0.25) is 0 Å². The highest BCUT2D eigenvalue weighted by atomic mass is 32.2. The van der Waals surface area contributed by atoms with Crippen LogP contribution in [0, 0.1) is 13.8 Å². The summed E-state index contributed by atoms with van der Waals surface area (Å²) in [6.07, 6.45) is 1.22. The number of nitrogens with zero attached hydrogens (tertiary/aromatic N) is 1. The summed E-state index contributed by atoms with van der Waals surface area (Å²) in [7, 11) is -2.99. The standard InChI is InChI=1S/C18H28N2O4S/c1-4-20(16-9-12-25(22,23)13-16)18(21)19-10-6-11-24-17-14(2)7-5-8-15(17)3/h5,7-8,16H,4,6,9-13H2,1-3H3,(H,19,21). The van der Waals surface area contributed by atoms with Crippen LogP contribution in [0.4, 0.5) is 4.79 Å². The van der Waals surface area contributed by atoms with E-state index in [4.69, 9.17) is 4.74 Å². The van der Waals surface area contributed by atoms with E-state index in [2.05, 4.69) is 5.32 Å². The molecule has 0 aliphatic carbocycles. The van der Waals surface area contributed by atoms with Gasteiger partial charge in [0.25, 0.3) is 0 Å². The van der Waals surface area contributed by atoms with Crippen molar-refractivity contribution in [3.8, 4) is 5.75 Å². The lowest BCUT2D eigenvalue weighted by atomic mass is 10.1. The zero-order chi connectivity index (χ0) is 18.4. The van der Waals surface area contributed by atoms with Crippen LogP contribution >= 0.6 is 0 Å². The quantitative estimate of drug-likeness (QED) is 0.749. The summed E-state index contributed by atoms with van der Waals surface area (Å²) in [4.78, 5) is 13.9. The van der Waals surface area contributed by atoms with Crippen LogP contribution in [-0.4, -0.2) is 56.6 Å². The lowest BCUT2D eigenvalue weighted by molar-refractivity contribution is 0.183. The number of nitrogens with one attached hydrogen (secondary N) is 1. The number of sulfone groups is 1. The number of amides is 2. The summed E-state index contributed by atoms with van der Waals surface area (Å²) >= 11 is 0. The monoisotopic (exact) mass is 368 g/mol. The molecule has 1 unspecified atom stereocenters. The van der Waals surface area contributed by atoms with Gasteiger partial charge in [0.05, 0.1) is 18.1 Å². The number of aryl methyl sites for hydroxylation is 2. The summed E-state index contributed by atoms with van der Waals surface area (Å²) in [5.74, 6) is 1.15. The molecule has 1 aliphatic heterocycles. The molecule has 1 aliphatic rings. The van der Waals surface area contributed by atoms with Gasteiger partial charge in [-0.25, -0.2) is 13.2 Å². The van der Waals surface area contributed by atoms with Crippen molar-refractivity contribution in [3.63, 3.8) is 0 Å². The molecule has 0 saturated carbocycles. The molecule has 0 radical (unpaired) electrons. The van der Waals surface area contributed by atoms with Crippen LogP contribution < -0.4 is 10.1 Å². The van der Waals surface area contributed by atoms with E-state index in [1.54, 1.807) is 4.90 Å². The van der Waals surface area contributed by atoms with E-state index in [-0.39, 0.29) is 23.6 Å². The Hall–Kier alpha value is -1.76. The second-order valence-corrected chi connectivity index (χ2v) is 8.73. The number of para-hydroxylation sites is 1. The number of carbonyl (C=O) groups is 1. The Bertz CT molecular complexity index is 683. The Balaban J connectivity index is 1.74. The highest BCUT2D eigenvalue weighted by Crippen LogP contribution is 2.22. The second kappa shape index (κ2) is 8.56. The van der Waals surface area contributed by atoms with Crippen LogP contribution in [0.15, 0.2) is 18.2 Å². The van der Waals surface area contributed by atoms with E-state index < -0.39 is 9.84 Å². The molecule has 2 amide bonds. The average molecular weight is 368 g/mol. The van der Waals surface area contributed by atoms with Gasteiger partial charge >= 0.3 is 6.03 Å². The van der Waals surface area contributed by atoms with Crippen molar-refractivity contribution >= 4 is 15.9 Å². The van der Waals surface area contributed by atoms with Gasteiger partial charge in [-0.2, -0.15) is 0 Å². The first kappa shape index (κ1) is 19.6. The zero-order valence-corrected chi connectivity index (χ0v) is 16.1. The van der Waals surface area contributed by atoms with Crippen LogP contribution in [-0.2, 0) is 9.84 Å². The van der Waals surface area contributed by atoms with E-state index in [9.17, 15) is 13.2 Å². The molecular formula is C18H28N2O4S. The number of ether oxygens (including phenoxy) is 1. The van der Waals surface area contributed by atoms with E-state index in [1.165, 1.54) is 0 Å². The minimum absolute atomic E-state index is 0.0733. The van der Waals surface area contributed by atoms with Crippen LogP contribution in [0.25, 0.3) is 0 Å². The predicted molar refractivity (Wildman–Crippen MR) is 98.9 cm³/mol. The number of rotatable bonds is 7. The van der Waals surface area contributed by atoms with Crippen molar-refractivity contribution < 1.29 is 17.9 Å². The van der Waals surface area contributed by atoms with Crippen molar-refractivity contribution in [3.05, 3.63) is 29.3 Å². The number of hydrogen-bond donors (Lipinski definition) is 1. The molecule has 1 N–H and O–H groups in total. The molecule has 1 aromatic rings. The smallest absolute Gasteiger partial charge is 0.317 e. The molecule has 140 valence electrons. The third-order valence-electron chi connectivity index (χ3n) is 4.50. The first-order valence-corrected chi connectivity index (χ1v) is 10.6. The maximum atomic E-state index is 12.3. The summed E-state index contributed by atoms with van der Waals surface area (Å²) in [6.45, 7) is 7.42. The Morgan fingerprint density at radius 3 is 2.56 bits per heavy atom. The van der Waals surface area contributed by atoms with Crippen molar-refractivity contribution in [2.24, 2.45) is 0 Å². The number of urea groups is 1. The summed E-state index contributed by atoms with van der Waals surface area (Å²) < 4.78 is 29.0. The molecule has 6 nitrogen and oxygen atoms in total. The highest BCUT2D eigenvalue weighted by molar-refractivity contribution is 7.91. The van der Waals surface area contributed by atoms with Crippen molar-refractivity contribution in [2.45, 2.75) is 39.7 Å². The molecule has 25 heavy (non-hydrogen) atoms. The van der Waals surface area contributed by atoms with Gasteiger partial charge in [0.1, 0.15) is 5.75 Å². The van der Waals surface area contributed by atoms with Gasteiger partial charge in [0.2, 0.25) is 0 Å². The largest absolute Gasteiger partial charge is 0.493 e. The van der Waals surface area contributed by atoms with Crippen LogP contribution in [0.1, 0.15) is 30.9 Å². The van der Waals surface area contributed by atoms with E-state index in [0.717, 1.165) is 16.9 Å². The second-order valence-electron chi connectivity index (χ2n) is 6.50. The first-order chi connectivity index (χ1) is 11.8. The van der Waals surface area contributed by atoms with Crippen molar-refractivity contribution in [1.82, 2.24) is 10.2 Å². The molecule has 1 heterocycles. The fraction of sp³-hybridized carbons (Fsp3) is 0.611. The molecule has 0 spiro atoms. The van der Waals surface area contributed by atoms with Gasteiger partial charge in [-0.1, -0.05) is 18.2 Å². The lowest BCUT2D eigenvalue weighted by Gasteiger charge is -2.27. The molecule has 1 aromatic carbocycles. The minimum Gasteiger partial charge on any atom is -0.493 e. The predicted octanol–water partition coefficient (Wildman–Crippen LogP) is 2.29.